The minimum atomic E-state index is 0.286. The fraction of sp³-hybridized carbons (Fsp3) is 0.333. The predicted octanol–water partition coefficient (Wildman–Crippen LogP) is 1.77. The van der Waals surface area contributed by atoms with Crippen LogP contribution in [0.2, 0.25) is 0 Å². The summed E-state index contributed by atoms with van der Waals surface area (Å²) in [6, 6.07) is 5.58. The SMILES string of the molecule is Cc1cc([C@@H]2CO2)ccc1O. The molecule has 1 fully saturated rings. The predicted molar refractivity (Wildman–Crippen MR) is 41.5 cm³/mol. The number of benzene rings is 1. The number of hydrogen-bond acceptors (Lipinski definition) is 2. The molecule has 0 spiro atoms. The molecule has 1 heterocycles. The molecule has 1 atom stereocenters. The second-order valence-electron chi connectivity index (χ2n) is 2.87. The van der Waals surface area contributed by atoms with Crippen LogP contribution in [0.25, 0.3) is 0 Å². The van der Waals surface area contributed by atoms with E-state index in [9.17, 15) is 5.11 Å². The van der Waals surface area contributed by atoms with Crippen LogP contribution < -0.4 is 0 Å². The maximum absolute atomic E-state index is 9.21. The number of rotatable bonds is 1. The molecule has 0 aliphatic carbocycles. The molecular weight excluding hydrogens is 140 g/mol. The van der Waals surface area contributed by atoms with Gasteiger partial charge in [0.05, 0.1) is 6.61 Å². The molecule has 1 aromatic rings. The Balaban J connectivity index is 2.36. The maximum Gasteiger partial charge on any atom is 0.118 e. The van der Waals surface area contributed by atoms with Crippen molar-refractivity contribution < 1.29 is 9.84 Å². The first-order valence-electron chi connectivity index (χ1n) is 3.68. The van der Waals surface area contributed by atoms with Crippen molar-refractivity contribution in [1.82, 2.24) is 0 Å². The smallest absolute Gasteiger partial charge is 0.118 e. The first-order chi connectivity index (χ1) is 5.27. The van der Waals surface area contributed by atoms with Crippen molar-refractivity contribution in [2.24, 2.45) is 0 Å². The summed E-state index contributed by atoms with van der Waals surface area (Å²) in [5.74, 6) is 0.356. The summed E-state index contributed by atoms with van der Waals surface area (Å²) in [4.78, 5) is 0. The maximum atomic E-state index is 9.21. The Labute approximate surface area is 65.4 Å². The number of phenols is 1. The Morgan fingerprint density at radius 1 is 1.55 bits per heavy atom. The first kappa shape index (κ1) is 6.68. The zero-order valence-electron chi connectivity index (χ0n) is 6.37. The minimum absolute atomic E-state index is 0.286. The monoisotopic (exact) mass is 150 g/mol. The highest BCUT2D eigenvalue weighted by molar-refractivity contribution is 5.36. The Morgan fingerprint density at radius 3 is 2.82 bits per heavy atom. The molecule has 0 aromatic heterocycles. The van der Waals surface area contributed by atoms with E-state index in [1.165, 1.54) is 5.56 Å². The van der Waals surface area contributed by atoms with Gasteiger partial charge in [0.15, 0.2) is 0 Å². The Hall–Kier alpha value is -1.02. The molecule has 0 unspecified atom stereocenters. The van der Waals surface area contributed by atoms with Gasteiger partial charge in [0, 0.05) is 0 Å². The number of aryl methyl sites for hydroxylation is 1. The van der Waals surface area contributed by atoms with Gasteiger partial charge in [0.2, 0.25) is 0 Å². The van der Waals surface area contributed by atoms with Gasteiger partial charge in [0.25, 0.3) is 0 Å². The van der Waals surface area contributed by atoms with Crippen molar-refractivity contribution in [3.63, 3.8) is 0 Å². The van der Waals surface area contributed by atoms with Gasteiger partial charge in [-0.15, -0.1) is 0 Å². The number of epoxide rings is 1. The molecule has 1 aliphatic rings. The van der Waals surface area contributed by atoms with Crippen LogP contribution in [0.1, 0.15) is 17.2 Å². The molecule has 1 aliphatic heterocycles. The topological polar surface area (TPSA) is 32.8 Å². The lowest BCUT2D eigenvalue weighted by atomic mass is 10.1. The third-order valence-corrected chi connectivity index (χ3v) is 1.93. The largest absolute Gasteiger partial charge is 0.508 e. The highest BCUT2D eigenvalue weighted by Crippen LogP contribution is 2.31. The lowest BCUT2D eigenvalue weighted by Crippen LogP contribution is -1.81. The van der Waals surface area contributed by atoms with Crippen molar-refractivity contribution in [1.29, 1.82) is 0 Å². The van der Waals surface area contributed by atoms with Gasteiger partial charge in [-0.3, -0.25) is 0 Å². The van der Waals surface area contributed by atoms with E-state index in [-0.39, 0.29) is 6.10 Å². The van der Waals surface area contributed by atoms with Crippen molar-refractivity contribution in [2.75, 3.05) is 6.61 Å². The minimum Gasteiger partial charge on any atom is -0.508 e. The number of phenolic OH excluding ortho intramolecular Hbond substituents is 1. The molecule has 0 saturated carbocycles. The van der Waals surface area contributed by atoms with Crippen molar-refractivity contribution in [2.45, 2.75) is 13.0 Å². The molecule has 1 aromatic carbocycles. The van der Waals surface area contributed by atoms with E-state index >= 15 is 0 Å². The molecule has 1 N–H and O–H groups in total. The van der Waals surface area contributed by atoms with Crippen molar-refractivity contribution >= 4 is 0 Å². The van der Waals surface area contributed by atoms with E-state index in [0.717, 1.165) is 12.2 Å². The third-order valence-electron chi connectivity index (χ3n) is 1.93. The molecule has 0 bridgehead atoms. The van der Waals surface area contributed by atoms with E-state index < -0.39 is 0 Å². The Bertz CT molecular complexity index is 277. The van der Waals surface area contributed by atoms with Crippen LogP contribution in [0.15, 0.2) is 18.2 Å². The first-order valence-corrected chi connectivity index (χ1v) is 3.68. The molecule has 2 rings (SSSR count). The summed E-state index contributed by atoms with van der Waals surface area (Å²) < 4.78 is 5.11. The zero-order valence-corrected chi connectivity index (χ0v) is 6.37. The molecular formula is C9H10O2. The van der Waals surface area contributed by atoms with Gasteiger partial charge in [-0.25, -0.2) is 0 Å². The van der Waals surface area contributed by atoms with E-state index in [4.69, 9.17) is 4.74 Å². The zero-order chi connectivity index (χ0) is 7.84. The lowest BCUT2D eigenvalue weighted by Gasteiger charge is -1.99. The normalized spacial score (nSPS) is 21.7. The van der Waals surface area contributed by atoms with Crippen LogP contribution in [0.4, 0.5) is 0 Å². The summed E-state index contributed by atoms with van der Waals surface area (Å²) in [7, 11) is 0. The average molecular weight is 150 g/mol. The van der Waals surface area contributed by atoms with Gasteiger partial charge in [-0.05, 0) is 30.2 Å². The summed E-state index contributed by atoms with van der Waals surface area (Å²) in [6.45, 7) is 2.71. The van der Waals surface area contributed by atoms with E-state index in [0.29, 0.717) is 5.75 Å². The molecule has 0 amide bonds. The fourth-order valence-corrected chi connectivity index (χ4v) is 1.12. The standard InChI is InChI=1S/C9H10O2/c1-6-4-7(9-5-11-9)2-3-8(6)10/h2-4,9-10H,5H2,1H3/t9-/m0/s1. The van der Waals surface area contributed by atoms with E-state index in [1.807, 2.05) is 19.1 Å². The van der Waals surface area contributed by atoms with Gasteiger partial charge < -0.3 is 9.84 Å². The summed E-state index contributed by atoms with van der Waals surface area (Å²) in [6.07, 6.45) is 0.286. The van der Waals surface area contributed by atoms with Crippen molar-refractivity contribution in [3.05, 3.63) is 29.3 Å². The summed E-state index contributed by atoms with van der Waals surface area (Å²) >= 11 is 0. The molecule has 2 nitrogen and oxygen atoms in total. The number of ether oxygens (including phenoxy) is 1. The Morgan fingerprint density at radius 2 is 2.27 bits per heavy atom. The van der Waals surface area contributed by atoms with Gasteiger partial charge in [0.1, 0.15) is 11.9 Å². The van der Waals surface area contributed by atoms with E-state index in [1.54, 1.807) is 6.07 Å². The van der Waals surface area contributed by atoms with Crippen LogP contribution in [-0.2, 0) is 4.74 Å². The van der Waals surface area contributed by atoms with Crippen LogP contribution >= 0.6 is 0 Å². The average Bonchev–Trinajstić information content (AvgIpc) is 2.77. The molecule has 2 heteroatoms. The number of aromatic hydroxyl groups is 1. The van der Waals surface area contributed by atoms with Crippen molar-refractivity contribution in [3.8, 4) is 5.75 Å². The quantitative estimate of drug-likeness (QED) is 0.619. The highest BCUT2D eigenvalue weighted by atomic mass is 16.6. The Kier molecular flexibility index (Phi) is 1.36. The third kappa shape index (κ3) is 1.21. The summed E-state index contributed by atoms with van der Waals surface area (Å²) in [5, 5.41) is 9.21. The molecule has 58 valence electrons. The molecule has 0 radical (unpaired) electrons. The summed E-state index contributed by atoms with van der Waals surface area (Å²) in [5.41, 5.74) is 2.08. The van der Waals surface area contributed by atoms with Gasteiger partial charge in [-0.2, -0.15) is 0 Å². The number of hydrogen-bond donors (Lipinski definition) is 1. The van der Waals surface area contributed by atoms with Crippen LogP contribution in [0.5, 0.6) is 5.75 Å². The highest BCUT2D eigenvalue weighted by Gasteiger charge is 2.24. The second-order valence-corrected chi connectivity index (χ2v) is 2.87. The van der Waals surface area contributed by atoms with E-state index in [2.05, 4.69) is 0 Å². The molecule has 1 saturated heterocycles. The molecule has 11 heavy (non-hydrogen) atoms. The van der Waals surface area contributed by atoms with Gasteiger partial charge in [-0.1, -0.05) is 6.07 Å². The van der Waals surface area contributed by atoms with Gasteiger partial charge >= 0.3 is 0 Å². The second kappa shape index (κ2) is 2.24. The van der Waals surface area contributed by atoms with Crippen LogP contribution in [0, 0.1) is 6.92 Å². The lowest BCUT2D eigenvalue weighted by molar-refractivity contribution is 0.415. The fourth-order valence-electron chi connectivity index (χ4n) is 1.12. The van der Waals surface area contributed by atoms with Crippen LogP contribution in [0.3, 0.4) is 0 Å². The van der Waals surface area contributed by atoms with Crippen LogP contribution in [-0.4, -0.2) is 11.7 Å².